The molecule has 244 valence electrons. The number of para-hydroxylation sites is 4. The van der Waals surface area contributed by atoms with E-state index >= 15 is 0 Å². The Morgan fingerprint density at radius 2 is 1.02 bits per heavy atom. The van der Waals surface area contributed by atoms with Crippen LogP contribution in [-0.2, 0) is 9.59 Å². The zero-order valence-corrected chi connectivity index (χ0v) is 26.6. The minimum atomic E-state index is -0.778. The molecule has 2 aliphatic carbocycles. The molecule has 0 atom stereocenters. The van der Waals surface area contributed by atoms with Crippen LogP contribution in [-0.4, -0.2) is 45.3 Å². The van der Waals surface area contributed by atoms with Crippen LogP contribution in [0.15, 0.2) is 124 Å². The number of aryl methyl sites for hydroxylation is 1. The minimum absolute atomic E-state index is 0.0397. The van der Waals surface area contributed by atoms with E-state index in [2.05, 4.69) is 42.3 Å². The van der Waals surface area contributed by atoms with Crippen LogP contribution in [0.25, 0.3) is 0 Å². The predicted octanol–water partition coefficient (Wildman–Crippen LogP) is 6.11. The molecule has 7 rings (SSSR count). The molecule has 4 aliphatic rings. The highest BCUT2D eigenvalue weighted by Gasteiger charge is 2.31. The van der Waals surface area contributed by atoms with Gasteiger partial charge in [-0.05, 0) is 98.2 Å². The van der Waals surface area contributed by atoms with Gasteiger partial charge in [-0.3, -0.25) is 31.3 Å². The second kappa shape index (κ2) is 12.3. The maximum Gasteiger partial charge on any atom is 0.346 e. The number of allylic oxidation sites excluding steroid dienone is 8. The number of aliphatic imine (C=N–C) groups is 2. The molecule has 0 aromatic heterocycles. The van der Waals surface area contributed by atoms with Crippen LogP contribution < -0.4 is 32.3 Å². The number of urea groups is 2. The Hall–Kier alpha value is -6.96. The first-order valence-corrected chi connectivity index (χ1v) is 15.3. The van der Waals surface area contributed by atoms with E-state index in [1.165, 1.54) is 22.4 Å². The van der Waals surface area contributed by atoms with Gasteiger partial charge in [-0.1, -0.05) is 30.3 Å². The van der Waals surface area contributed by atoms with Gasteiger partial charge >= 0.3 is 12.1 Å². The Kier molecular flexibility index (Phi) is 7.72. The number of Topliss-reactive ketones (excluding diaryl/α,β-unsaturated/α-hetero) is 2. The number of benzene rings is 3. The van der Waals surface area contributed by atoms with Crippen molar-refractivity contribution >= 4 is 69.2 Å². The molecular formula is C35H30N10O4. The zero-order valence-electron chi connectivity index (χ0n) is 26.6. The number of carbonyl (C=O) groups is 4. The molecule has 2 aliphatic heterocycles. The number of fused-ring (bicyclic) bond motifs is 2. The third kappa shape index (κ3) is 6.25. The summed E-state index contributed by atoms with van der Waals surface area (Å²) >= 11 is 0. The number of nitrogens with one attached hydrogen (secondary N) is 6. The van der Waals surface area contributed by atoms with E-state index in [0.717, 1.165) is 33.9 Å². The molecule has 0 fully saturated rings. The monoisotopic (exact) mass is 654 g/mol. The molecule has 0 saturated carbocycles. The number of hydrogen-bond acceptors (Lipinski definition) is 10. The number of carbonyl (C=O) groups excluding carboxylic acids is 4. The molecule has 14 nitrogen and oxygen atoms in total. The summed E-state index contributed by atoms with van der Waals surface area (Å²) in [6.07, 6.45) is 6.46. The first-order valence-electron chi connectivity index (χ1n) is 15.3. The summed E-state index contributed by atoms with van der Waals surface area (Å²) in [5.41, 5.74) is 19.0. The van der Waals surface area contributed by atoms with Crippen molar-refractivity contribution in [1.29, 1.82) is 0 Å². The second-order valence-electron chi connectivity index (χ2n) is 11.6. The lowest BCUT2D eigenvalue weighted by molar-refractivity contribution is -0.111. The van der Waals surface area contributed by atoms with E-state index in [4.69, 9.17) is 0 Å². The maximum atomic E-state index is 13.3. The molecule has 6 N–H and O–H groups in total. The number of amides is 4. The highest BCUT2D eigenvalue weighted by Crippen LogP contribution is 2.32. The third-order valence-corrected chi connectivity index (χ3v) is 7.83. The molecule has 0 bridgehead atoms. The molecule has 0 spiro atoms. The van der Waals surface area contributed by atoms with Crippen molar-refractivity contribution < 1.29 is 19.2 Å². The van der Waals surface area contributed by atoms with Crippen molar-refractivity contribution in [3.05, 3.63) is 119 Å². The van der Waals surface area contributed by atoms with E-state index in [-0.39, 0.29) is 22.8 Å². The highest BCUT2D eigenvalue weighted by atomic mass is 16.2. The number of anilines is 6. The number of ketones is 2. The average Bonchev–Trinajstić information content (AvgIpc) is 3.70. The van der Waals surface area contributed by atoms with Gasteiger partial charge in [0.2, 0.25) is 11.6 Å². The van der Waals surface area contributed by atoms with Crippen LogP contribution in [0.1, 0.15) is 19.4 Å². The topological polar surface area (TPSA) is 172 Å². The van der Waals surface area contributed by atoms with Gasteiger partial charge in [0, 0.05) is 11.4 Å². The number of nitrogens with zero attached hydrogens (tertiary/aromatic N) is 4. The van der Waals surface area contributed by atoms with Crippen LogP contribution in [0.4, 0.5) is 43.7 Å². The van der Waals surface area contributed by atoms with Gasteiger partial charge < -0.3 is 10.6 Å². The van der Waals surface area contributed by atoms with E-state index in [1.807, 2.05) is 48.5 Å². The van der Waals surface area contributed by atoms with Gasteiger partial charge in [0.15, 0.2) is 0 Å². The van der Waals surface area contributed by atoms with Crippen LogP contribution in [0.5, 0.6) is 0 Å². The second-order valence-corrected chi connectivity index (χ2v) is 11.6. The van der Waals surface area contributed by atoms with Gasteiger partial charge in [0.25, 0.3) is 0 Å². The van der Waals surface area contributed by atoms with E-state index < -0.39 is 23.6 Å². The lowest BCUT2D eigenvalue weighted by atomic mass is 10.0. The lowest BCUT2D eigenvalue weighted by Crippen LogP contribution is -2.37. The zero-order chi connectivity index (χ0) is 34.2. The van der Waals surface area contributed by atoms with Crippen molar-refractivity contribution in [3.63, 3.8) is 0 Å². The Balaban J connectivity index is 1.02. The van der Waals surface area contributed by atoms with Crippen LogP contribution in [0.3, 0.4) is 0 Å². The average molecular weight is 655 g/mol. The fraction of sp³-hybridized carbons (Fsp3) is 0.0857. The van der Waals surface area contributed by atoms with Crippen LogP contribution >= 0.6 is 0 Å². The summed E-state index contributed by atoms with van der Waals surface area (Å²) in [6, 6.07) is 18.3. The first kappa shape index (κ1) is 30.7. The van der Waals surface area contributed by atoms with Crippen LogP contribution in [0.2, 0.25) is 0 Å². The number of rotatable bonds is 4. The van der Waals surface area contributed by atoms with Crippen molar-refractivity contribution in [1.82, 2.24) is 10.2 Å². The summed E-state index contributed by atoms with van der Waals surface area (Å²) in [6.45, 7) is 5.38. The minimum Gasteiger partial charge on any atom is -0.306 e. The summed E-state index contributed by atoms with van der Waals surface area (Å²) < 4.78 is 0. The van der Waals surface area contributed by atoms with Crippen molar-refractivity contribution in [2.45, 2.75) is 20.8 Å². The van der Waals surface area contributed by atoms with Gasteiger partial charge in [0.1, 0.15) is 22.8 Å². The summed E-state index contributed by atoms with van der Waals surface area (Å²) in [4.78, 5) is 60.8. The molecule has 2 heterocycles. The lowest BCUT2D eigenvalue weighted by Gasteiger charge is -2.23. The van der Waals surface area contributed by atoms with Gasteiger partial charge in [-0.2, -0.15) is 20.2 Å². The fourth-order valence-corrected chi connectivity index (χ4v) is 5.45. The van der Waals surface area contributed by atoms with Crippen LogP contribution in [0, 0.1) is 6.92 Å². The summed E-state index contributed by atoms with van der Waals surface area (Å²) in [5.74, 6) is -0.907. The molecule has 49 heavy (non-hydrogen) atoms. The Morgan fingerprint density at radius 1 is 0.592 bits per heavy atom. The Bertz CT molecular complexity index is 2110. The van der Waals surface area contributed by atoms with E-state index in [9.17, 15) is 19.2 Å². The molecule has 0 saturated heterocycles. The Labute approximate surface area is 280 Å². The highest BCUT2D eigenvalue weighted by molar-refractivity contribution is 6.52. The molecule has 3 aromatic rings. The van der Waals surface area contributed by atoms with E-state index in [1.54, 1.807) is 51.1 Å². The van der Waals surface area contributed by atoms with Crippen molar-refractivity contribution in [3.8, 4) is 0 Å². The molecule has 4 amide bonds. The Morgan fingerprint density at radius 3 is 1.47 bits per heavy atom. The molecule has 3 aromatic carbocycles. The molecule has 0 unspecified atom stereocenters. The molecular weight excluding hydrogens is 624 g/mol. The quantitative estimate of drug-likeness (QED) is 0.181. The summed E-state index contributed by atoms with van der Waals surface area (Å²) in [7, 11) is 0. The fourth-order valence-electron chi connectivity index (χ4n) is 5.45. The third-order valence-electron chi connectivity index (χ3n) is 7.83. The van der Waals surface area contributed by atoms with Crippen molar-refractivity contribution in [2.75, 3.05) is 32.3 Å². The van der Waals surface area contributed by atoms with Crippen molar-refractivity contribution in [2.24, 2.45) is 9.98 Å². The van der Waals surface area contributed by atoms with Gasteiger partial charge in [-0.15, -0.1) is 0 Å². The van der Waals surface area contributed by atoms with Gasteiger partial charge in [-0.25, -0.2) is 9.59 Å². The first-order chi connectivity index (χ1) is 23.6. The van der Waals surface area contributed by atoms with E-state index in [0.29, 0.717) is 16.9 Å². The number of hydrazine groups is 4. The molecule has 14 heteroatoms. The summed E-state index contributed by atoms with van der Waals surface area (Å²) in [5, 5.41) is 8.33. The standard InChI is InChI=1S/C35H30N10O4/c1-19-14-28(32(46)30(16-19)44-40-23-8-4-5-9-24(23)41-44)38-34(48)36-22-13-12-21(3)27(18-22)37-35(49)39-29-15-20(2)17-31(33(29)47)45-42-25-10-6-7-11-26(25)43-45/h4-18,40-43H,1-3H3,(H,36,48)(H,37,49)/b38-28+,39-29+. The SMILES string of the molecule is CC1=C/C(=N\C(=O)Nc2ccc(C)c(NC(=O)/N=C3\C=C(C)C=C(N4Nc5ccccc5N4)C3=O)c2)C(=O)C(N2Nc3ccccc3N2)=C1. The molecule has 0 radical (unpaired) electrons. The largest absolute Gasteiger partial charge is 0.346 e. The smallest absolute Gasteiger partial charge is 0.306 e. The number of hydrogen-bond donors (Lipinski definition) is 6. The predicted molar refractivity (Wildman–Crippen MR) is 189 cm³/mol. The maximum absolute atomic E-state index is 13.3. The van der Waals surface area contributed by atoms with Gasteiger partial charge in [0.05, 0.1) is 22.7 Å². The normalized spacial score (nSPS) is 17.9.